The molecule has 0 bridgehead atoms. The van der Waals surface area contributed by atoms with Gasteiger partial charge < -0.3 is 14.2 Å². The van der Waals surface area contributed by atoms with E-state index in [1.807, 2.05) is 34.8 Å². The number of carbonyl (C=O) groups is 2. The Labute approximate surface area is 186 Å². The van der Waals surface area contributed by atoms with Gasteiger partial charge in [-0.1, -0.05) is 0 Å². The molecule has 1 unspecified atom stereocenters. The minimum Gasteiger partial charge on any atom is -0.462 e. The van der Waals surface area contributed by atoms with Crippen molar-refractivity contribution in [2.45, 2.75) is 38.6 Å². The summed E-state index contributed by atoms with van der Waals surface area (Å²) in [4.78, 5) is 27.5. The van der Waals surface area contributed by atoms with Crippen molar-refractivity contribution in [3.63, 3.8) is 0 Å². The molecule has 7 nitrogen and oxygen atoms in total. The fourth-order valence-electron chi connectivity index (χ4n) is 4.22. The second kappa shape index (κ2) is 9.38. The molecule has 1 saturated heterocycles. The average Bonchev–Trinajstić information content (AvgIpc) is 3.39. The molecule has 32 heavy (non-hydrogen) atoms. The smallest absolute Gasteiger partial charge is 0.341 e. The molecule has 2 aromatic heterocycles. The van der Waals surface area contributed by atoms with Gasteiger partial charge in [-0.2, -0.15) is 5.10 Å². The van der Waals surface area contributed by atoms with Crippen LogP contribution in [0.25, 0.3) is 5.69 Å². The third kappa shape index (κ3) is 4.44. The molecule has 0 N–H and O–H groups in total. The second-order valence-corrected chi connectivity index (χ2v) is 8.11. The average molecular weight is 439 g/mol. The summed E-state index contributed by atoms with van der Waals surface area (Å²) in [7, 11) is 1.86. The maximum atomic E-state index is 13.2. The SMILES string of the molecule is Cc1c(C(=O)OCCC2CCCCN2C(=O)c2cccn2C)cnn1-c1ccc(F)cc1. The molecule has 8 heteroatoms. The third-order valence-corrected chi connectivity index (χ3v) is 6.04. The first-order chi connectivity index (χ1) is 15.5. The van der Waals surface area contributed by atoms with Crippen LogP contribution in [-0.4, -0.2) is 50.3 Å². The van der Waals surface area contributed by atoms with Crippen molar-refractivity contribution in [2.75, 3.05) is 13.2 Å². The highest BCUT2D eigenvalue weighted by molar-refractivity contribution is 5.93. The van der Waals surface area contributed by atoms with Crippen molar-refractivity contribution in [1.29, 1.82) is 0 Å². The maximum absolute atomic E-state index is 13.2. The number of rotatable bonds is 6. The summed E-state index contributed by atoms with van der Waals surface area (Å²) in [6, 6.07) is 9.64. The molecular weight excluding hydrogens is 411 g/mol. The van der Waals surface area contributed by atoms with Gasteiger partial charge in [-0.05, 0) is 62.6 Å². The highest BCUT2D eigenvalue weighted by Crippen LogP contribution is 2.23. The minimum absolute atomic E-state index is 0.0185. The Morgan fingerprint density at radius 2 is 1.97 bits per heavy atom. The molecule has 1 fully saturated rings. The van der Waals surface area contributed by atoms with Gasteiger partial charge in [0.05, 0.1) is 24.2 Å². The van der Waals surface area contributed by atoms with Gasteiger partial charge in [-0.25, -0.2) is 13.9 Å². The van der Waals surface area contributed by atoms with E-state index in [1.54, 1.807) is 23.7 Å². The van der Waals surface area contributed by atoms with E-state index in [9.17, 15) is 14.0 Å². The van der Waals surface area contributed by atoms with Gasteiger partial charge in [0, 0.05) is 32.3 Å². The zero-order chi connectivity index (χ0) is 22.7. The largest absolute Gasteiger partial charge is 0.462 e. The summed E-state index contributed by atoms with van der Waals surface area (Å²) < 4.78 is 22.1. The molecule has 1 aliphatic heterocycles. The van der Waals surface area contributed by atoms with Crippen molar-refractivity contribution < 1.29 is 18.7 Å². The quantitative estimate of drug-likeness (QED) is 0.548. The van der Waals surface area contributed by atoms with Crippen LogP contribution >= 0.6 is 0 Å². The Balaban J connectivity index is 1.37. The van der Waals surface area contributed by atoms with Crippen molar-refractivity contribution in [1.82, 2.24) is 19.2 Å². The van der Waals surface area contributed by atoms with Crippen molar-refractivity contribution >= 4 is 11.9 Å². The predicted molar refractivity (Wildman–Crippen MR) is 117 cm³/mol. The van der Waals surface area contributed by atoms with Gasteiger partial charge in [-0.3, -0.25) is 4.79 Å². The molecule has 0 aliphatic carbocycles. The number of amides is 1. The highest BCUT2D eigenvalue weighted by Gasteiger charge is 2.29. The number of esters is 1. The monoisotopic (exact) mass is 438 g/mol. The number of benzene rings is 1. The van der Waals surface area contributed by atoms with Crippen molar-refractivity contribution in [2.24, 2.45) is 7.05 Å². The number of hydrogen-bond donors (Lipinski definition) is 0. The molecule has 0 saturated carbocycles. The standard InChI is InChI=1S/C24H27FN4O3/c1-17-21(16-26-29(17)20-10-8-18(25)9-11-20)24(31)32-15-12-19-6-3-4-14-28(19)23(30)22-7-5-13-27(22)2/h5,7-11,13,16,19H,3-4,6,12,14-15H2,1-2H3. The molecule has 1 amide bonds. The number of ether oxygens (including phenoxy) is 1. The van der Waals surface area contributed by atoms with Crippen LogP contribution in [0.15, 0.2) is 48.8 Å². The zero-order valence-electron chi connectivity index (χ0n) is 18.3. The molecule has 0 spiro atoms. The third-order valence-electron chi connectivity index (χ3n) is 6.04. The van der Waals surface area contributed by atoms with E-state index in [0.29, 0.717) is 35.6 Å². The van der Waals surface area contributed by atoms with E-state index in [-0.39, 0.29) is 24.4 Å². The summed E-state index contributed by atoms with van der Waals surface area (Å²) in [6.07, 6.45) is 6.85. The van der Waals surface area contributed by atoms with Gasteiger partial charge >= 0.3 is 5.97 Å². The summed E-state index contributed by atoms with van der Waals surface area (Å²) in [5.41, 5.74) is 2.33. The lowest BCUT2D eigenvalue weighted by atomic mass is 9.99. The van der Waals surface area contributed by atoms with Crippen LogP contribution in [0.2, 0.25) is 0 Å². The van der Waals surface area contributed by atoms with Crippen molar-refractivity contribution in [3.05, 3.63) is 71.6 Å². The second-order valence-electron chi connectivity index (χ2n) is 8.11. The van der Waals surface area contributed by atoms with Gasteiger partial charge in [-0.15, -0.1) is 0 Å². The fraction of sp³-hybridized carbons (Fsp3) is 0.375. The summed E-state index contributed by atoms with van der Waals surface area (Å²) in [6.45, 7) is 2.71. The van der Waals surface area contributed by atoms with E-state index < -0.39 is 5.97 Å². The van der Waals surface area contributed by atoms with Gasteiger partial charge in [0.15, 0.2) is 0 Å². The molecule has 1 atom stereocenters. The van der Waals surface area contributed by atoms with Crippen LogP contribution in [0.1, 0.15) is 52.2 Å². The summed E-state index contributed by atoms with van der Waals surface area (Å²) in [5.74, 6) is -0.766. The lowest BCUT2D eigenvalue weighted by Crippen LogP contribution is -2.44. The first kappa shape index (κ1) is 21.8. The Bertz CT molecular complexity index is 1100. The van der Waals surface area contributed by atoms with Crippen LogP contribution < -0.4 is 0 Å². The number of carbonyl (C=O) groups excluding carboxylic acids is 2. The van der Waals surface area contributed by atoms with E-state index in [1.165, 1.54) is 18.3 Å². The molecule has 4 rings (SSSR count). The first-order valence-electron chi connectivity index (χ1n) is 10.9. The Hall–Kier alpha value is -3.42. The highest BCUT2D eigenvalue weighted by atomic mass is 19.1. The number of aryl methyl sites for hydroxylation is 1. The lowest BCUT2D eigenvalue weighted by molar-refractivity contribution is 0.0405. The molecule has 1 aliphatic rings. The van der Waals surface area contributed by atoms with Crippen molar-refractivity contribution in [3.8, 4) is 5.69 Å². The van der Waals surface area contributed by atoms with Crippen LogP contribution in [0, 0.1) is 12.7 Å². The molecule has 3 heterocycles. The maximum Gasteiger partial charge on any atom is 0.341 e. The summed E-state index contributed by atoms with van der Waals surface area (Å²) >= 11 is 0. The van der Waals surface area contributed by atoms with Gasteiger partial charge in [0.2, 0.25) is 0 Å². The number of aromatic nitrogens is 3. The predicted octanol–water partition coefficient (Wildman–Crippen LogP) is 3.90. The molecule has 0 radical (unpaired) electrons. The molecule has 1 aromatic carbocycles. The topological polar surface area (TPSA) is 69.4 Å². The van der Waals surface area contributed by atoms with Gasteiger partial charge in [0.1, 0.15) is 17.1 Å². The molecule has 168 valence electrons. The van der Waals surface area contributed by atoms with Crippen LogP contribution in [0.5, 0.6) is 0 Å². The number of likely N-dealkylation sites (tertiary alicyclic amines) is 1. The van der Waals surface area contributed by atoms with E-state index >= 15 is 0 Å². The number of nitrogens with zero attached hydrogens (tertiary/aromatic N) is 4. The fourth-order valence-corrected chi connectivity index (χ4v) is 4.22. The van der Waals surface area contributed by atoms with Crippen LogP contribution in [0.4, 0.5) is 4.39 Å². The molecular formula is C24H27FN4O3. The number of halogens is 1. The summed E-state index contributed by atoms with van der Waals surface area (Å²) in [5, 5.41) is 4.24. The zero-order valence-corrected chi connectivity index (χ0v) is 18.3. The number of piperidine rings is 1. The van der Waals surface area contributed by atoms with E-state index in [2.05, 4.69) is 5.10 Å². The first-order valence-corrected chi connectivity index (χ1v) is 10.9. The molecule has 3 aromatic rings. The number of hydrogen-bond acceptors (Lipinski definition) is 4. The Morgan fingerprint density at radius 3 is 2.69 bits per heavy atom. The van der Waals surface area contributed by atoms with Crippen LogP contribution in [-0.2, 0) is 11.8 Å². The lowest BCUT2D eigenvalue weighted by Gasteiger charge is -2.35. The van der Waals surface area contributed by atoms with Gasteiger partial charge in [0.25, 0.3) is 5.91 Å². The normalized spacial score (nSPS) is 16.2. The van der Waals surface area contributed by atoms with Crippen LogP contribution in [0.3, 0.4) is 0 Å². The van der Waals surface area contributed by atoms with E-state index in [0.717, 1.165) is 19.3 Å². The Morgan fingerprint density at radius 1 is 1.19 bits per heavy atom. The van der Waals surface area contributed by atoms with E-state index in [4.69, 9.17) is 4.74 Å². The minimum atomic E-state index is -0.452. The Kier molecular flexibility index (Phi) is 6.39.